The summed E-state index contributed by atoms with van der Waals surface area (Å²) in [5.74, 6) is -0.149. The summed E-state index contributed by atoms with van der Waals surface area (Å²) in [4.78, 5) is 13.0. The third kappa shape index (κ3) is 5.60. The number of hydrogen-bond donors (Lipinski definition) is 1. The van der Waals surface area contributed by atoms with Gasteiger partial charge in [0.05, 0.1) is 10.9 Å². The van der Waals surface area contributed by atoms with E-state index >= 15 is 0 Å². The molecule has 5 nitrogen and oxygen atoms in total. The summed E-state index contributed by atoms with van der Waals surface area (Å²) < 4.78 is 26.7. The molecule has 3 rings (SSSR count). The number of nitrogens with zero attached hydrogens (tertiary/aromatic N) is 1. The number of hydrogen-bond acceptors (Lipinski definition) is 3. The number of aryl methyl sites for hydroxylation is 1. The zero-order valence-corrected chi connectivity index (χ0v) is 18.9. The van der Waals surface area contributed by atoms with Gasteiger partial charge in [0.25, 0.3) is 5.91 Å². The van der Waals surface area contributed by atoms with Crippen LogP contribution < -0.4 is 5.32 Å². The van der Waals surface area contributed by atoms with Crippen molar-refractivity contribution in [1.82, 2.24) is 9.62 Å². The lowest BCUT2D eigenvalue weighted by molar-refractivity contribution is 0.0935. The zero-order chi connectivity index (χ0) is 22.4. The highest BCUT2D eigenvalue weighted by molar-refractivity contribution is 7.89. The highest BCUT2D eigenvalue weighted by Gasteiger charge is 2.20. The lowest BCUT2D eigenvalue weighted by atomic mass is 10.0. The van der Waals surface area contributed by atoms with E-state index in [-0.39, 0.29) is 23.4 Å². The van der Waals surface area contributed by atoms with E-state index in [0.717, 1.165) is 17.5 Å². The monoisotopic (exact) mass is 436 g/mol. The van der Waals surface area contributed by atoms with Crippen molar-refractivity contribution in [2.24, 2.45) is 0 Å². The van der Waals surface area contributed by atoms with Gasteiger partial charge in [0, 0.05) is 19.2 Å². The molecule has 0 unspecified atom stereocenters. The Morgan fingerprint density at radius 3 is 2.13 bits per heavy atom. The van der Waals surface area contributed by atoms with Gasteiger partial charge in [-0.3, -0.25) is 4.79 Å². The second-order valence-corrected chi connectivity index (χ2v) is 9.66. The van der Waals surface area contributed by atoms with Crippen LogP contribution in [0.3, 0.4) is 0 Å². The molecule has 0 aliphatic heterocycles. The molecule has 162 valence electrons. The van der Waals surface area contributed by atoms with Crippen molar-refractivity contribution in [2.45, 2.75) is 37.8 Å². The topological polar surface area (TPSA) is 66.5 Å². The van der Waals surface area contributed by atoms with Gasteiger partial charge in [0.1, 0.15) is 0 Å². The van der Waals surface area contributed by atoms with Gasteiger partial charge in [-0.1, -0.05) is 67.1 Å². The maximum Gasteiger partial charge on any atom is 0.251 e. The Morgan fingerprint density at radius 2 is 1.55 bits per heavy atom. The van der Waals surface area contributed by atoms with E-state index in [1.165, 1.54) is 9.87 Å². The number of nitrogens with one attached hydrogen (secondary N) is 1. The Morgan fingerprint density at radius 1 is 0.935 bits per heavy atom. The molecule has 3 aromatic carbocycles. The molecular formula is C25H28N2O3S. The molecular weight excluding hydrogens is 408 g/mol. The van der Waals surface area contributed by atoms with Crippen molar-refractivity contribution in [3.63, 3.8) is 0 Å². The fourth-order valence-electron chi connectivity index (χ4n) is 3.34. The zero-order valence-electron chi connectivity index (χ0n) is 18.1. The van der Waals surface area contributed by atoms with Crippen molar-refractivity contribution < 1.29 is 13.2 Å². The van der Waals surface area contributed by atoms with E-state index in [2.05, 4.69) is 5.32 Å². The molecule has 3 aromatic rings. The quantitative estimate of drug-likeness (QED) is 0.557. The minimum Gasteiger partial charge on any atom is -0.345 e. The molecule has 31 heavy (non-hydrogen) atoms. The SMILES string of the molecule is CC[C@@H](NC(=O)c1ccc(CN(C)S(=O)(=O)c2ccccc2)cc1)c1ccc(C)cc1. The molecule has 1 N–H and O–H groups in total. The molecule has 1 atom stereocenters. The summed E-state index contributed by atoms with van der Waals surface area (Å²) in [5, 5.41) is 3.08. The number of carbonyl (C=O) groups excluding carboxylic acids is 1. The van der Waals surface area contributed by atoms with Gasteiger partial charge in [-0.25, -0.2) is 8.42 Å². The summed E-state index contributed by atoms with van der Waals surface area (Å²) in [5.41, 5.74) is 3.61. The van der Waals surface area contributed by atoms with Crippen LogP contribution in [0.4, 0.5) is 0 Å². The van der Waals surface area contributed by atoms with E-state index in [1.54, 1.807) is 61.6 Å². The Hall–Kier alpha value is -2.96. The molecule has 0 heterocycles. The van der Waals surface area contributed by atoms with Gasteiger partial charge in [-0.15, -0.1) is 0 Å². The van der Waals surface area contributed by atoms with Crippen LogP contribution in [-0.4, -0.2) is 25.7 Å². The van der Waals surface area contributed by atoms with Crippen molar-refractivity contribution >= 4 is 15.9 Å². The van der Waals surface area contributed by atoms with E-state index < -0.39 is 10.0 Å². The van der Waals surface area contributed by atoms with Crippen LogP contribution in [0.2, 0.25) is 0 Å². The second kappa shape index (κ2) is 9.90. The Kier molecular flexibility index (Phi) is 7.25. The average Bonchev–Trinajstić information content (AvgIpc) is 2.79. The Balaban J connectivity index is 1.66. The predicted octanol–water partition coefficient (Wildman–Crippen LogP) is 4.70. The van der Waals surface area contributed by atoms with E-state index in [9.17, 15) is 13.2 Å². The maximum atomic E-state index is 12.7. The van der Waals surface area contributed by atoms with Crippen LogP contribution in [-0.2, 0) is 16.6 Å². The van der Waals surface area contributed by atoms with E-state index in [1.807, 2.05) is 38.1 Å². The van der Waals surface area contributed by atoms with Crippen LogP contribution in [0.25, 0.3) is 0 Å². The summed E-state index contributed by atoms with van der Waals surface area (Å²) in [6.07, 6.45) is 0.787. The molecule has 1 amide bonds. The number of sulfonamides is 1. The maximum absolute atomic E-state index is 12.7. The second-order valence-electron chi connectivity index (χ2n) is 7.62. The van der Waals surface area contributed by atoms with Crippen LogP contribution in [0.5, 0.6) is 0 Å². The van der Waals surface area contributed by atoms with E-state index in [0.29, 0.717) is 5.56 Å². The van der Waals surface area contributed by atoms with Gasteiger partial charge in [-0.2, -0.15) is 4.31 Å². The summed E-state index contributed by atoms with van der Waals surface area (Å²) in [7, 11) is -2.01. The smallest absolute Gasteiger partial charge is 0.251 e. The standard InChI is InChI=1S/C25H28N2O3S/c1-4-24(21-14-10-19(2)11-15-21)26-25(28)22-16-12-20(13-17-22)18-27(3)31(29,30)23-8-6-5-7-9-23/h5-17,24H,4,18H2,1-3H3,(H,26,28)/t24-/m1/s1. The number of carbonyl (C=O) groups is 1. The molecule has 6 heteroatoms. The highest BCUT2D eigenvalue weighted by atomic mass is 32.2. The fraction of sp³-hybridized carbons (Fsp3) is 0.240. The fourth-order valence-corrected chi connectivity index (χ4v) is 4.52. The normalized spacial score (nSPS) is 12.5. The Bertz CT molecular complexity index is 1110. The van der Waals surface area contributed by atoms with Gasteiger partial charge >= 0.3 is 0 Å². The van der Waals surface area contributed by atoms with Crippen LogP contribution in [0.15, 0.2) is 83.8 Å². The molecule has 0 saturated carbocycles. The first-order valence-electron chi connectivity index (χ1n) is 10.3. The minimum absolute atomic E-state index is 0.0603. The first-order valence-corrected chi connectivity index (χ1v) is 11.7. The molecule has 0 aliphatic carbocycles. The van der Waals surface area contributed by atoms with Gasteiger partial charge in [-0.05, 0) is 48.7 Å². The molecule has 0 spiro atoms. The minimum atomic E-state index is -3.56. The number of benzene rings is 3. The van der Waals surface area contributed by atoms with Crippen molar-refractivity contribution in [3.8, 4) is 0 Å². The third-order valence-electron chi connectivity index (χ3n) is 5.27. The molecule has 0 saturated heterocycles. The molecule has 0 bridgehead atoms. The van der Waals surface area contributed by atoms with Gasteiger partial charge in [0.15, 0.2) is 0 Å². The molecule has 0 fully saturated rings. The van der Waals surface area contributed by atoms with Crippen molar-refractivity contribution in [3.05, 3.63) is 101 Å². The van der Waals surface area contributed by atoms with Gasteiger partial charge in [0.2, 0.25) is 10.0 Å². The first kappa shape index (κ1) is 22.7. The highest BCUT2D eigenvalue weighted by Crippen LogP contribution is 2.19. The summed E-state index contributed by atoms with van der Waals surface area (Å²) in [6, 6.07) is 23.5. The number of amides is 1. The molecule has 0 aliphatic rings. The predicted molar refractivity (Wildman–Crippen MR) is 123 cm³/mol. The molecule has 0 aromatic heterocycles. The summed E-state index contributed by atoms with van der Waals surface area (Å²) in [6.45, 7) is 4.30. The lowest BCUT2D eigenvalue weighted by Crippen LogP contribution is -2.28. The van der Waals surface area contributed by atoms with Gasteiger partial charge < -0.3 is 5.32 Å². The van der Waals surface area contributed by atoms with E-state index in [4.69, 9.17) is 0 Å². The largest absolute Gasteiger partial charge is 0.345 e. The molecule has 0 radical (unpaired) electrons. The van der Waals surface area contributed by atoms with Crippen molar-refractivity contribution in [2.75, 3.05) is 7.05 Å². The van der Waals surface area contributed by atoms with Crippen molar-refractivity contribution in [1.29, 1.82) is 0 Å². The first-order chi connectivity index (χ1) is 14.8. The van der Waals surface area contributed by atoms with Crippen LogP contribution in [0, 0.1) is 6.92 Å². The van der Waals surface area contributed by atoms with Crippen LogP contribution >= 0.6 is 0 Å². The lowest BCUT2D eigenvalue weighted by Gasteiger charge is -2.19. The third-order valence-corrected chi connectivity index (χ3v) is 7.08. The Labute approximate surface area is 184 Å². The van der Waals surface area contributed by atoms with Crippen LogP contribution in [0.1, 0.15) is 46.4 Å². The summed E-state index contributed by atoms with van der Waals surface area (Å²) >= 11 is 0. The number of rotatable bonds is 8. The average molecular weight is 437 g/mol.